The second kappa shape index (κ2) is 4.45. The van der Waals surface area contributed by atoms with Crippen molar-refractivity contribution in [1.29, 1.82) is 0 Å². The molecule has 0 spiro atoms. The molecule has 3 N–H and O–H groups in total. The van der Waals surface area contributed by atoms with E-state index in [9.17, 15) is 5.02 Å². The van der Waals surface area contributed by atoms with Crippen molar-refractivity contribution in [3.05, 3.63) is 23.3 Å². The van der Waals surface area contributed by atoms with E-state index in [2.05, 4.69) is 0 Å². The van der Waals surface area contributed by atoms with Crippen LogP contribution in [0, 0.1) is 6.92 Å². The molecule has 1 aliphatic heterocycles. The Bertz CT molecular complexity index is 397. The van der Waals surface area contributed by atoms with Gasteiger partial charge in [-0.1, -0.05) is 6.07 Å². The molecule has 0 radical (unpaired) electrons. The fourth-order valence-electron chi connectivity index (χ4n) is 2.15. The van der Waals surface area contributed by atoms with Crippen LogP contribution in [0.3, 0.4) is 0 Å². The van der Waals surface area contributed by atoms with Crippen LogP contribution >= 0.6 is 0 Å². The van der Waals surface area contributed by atoms with Crippen molar-refractivity contribution in [2.45, 2.75) is 20.0 Å². The number of ether oxygens (including phenoxy) is 1. The zero-order chi connectivity index (χ0) is 11.7. The van der Waals surface area contributed by atoms with Gasteiger partial charge in [0.15, 0.2) is 0 Å². The molecule has 4 nitrogen and oxygen atoms in total. The number of benzene rings is 1. The molecule has 0 saturated heterocycles. The van der Waals surface area contributed by atoms with Crippen molar-refractivity contribution in [2.24, 2.45) is 5.73 Å². The predicted octanol–water partition coefficient (Wildman–Crippen LogP) is 0.111. The highest BCUT2D eigenvalue weighted by Crippen LogP contribution is 2.29. The standard InChI is InChI=1S/C11H16BNO3/c1-3-15-8-5-4-7(2)10-9(6-13)16-12(14)11(8)10/h4-5,9,14H,3,6,13H2,1-2H3. The molecule has 0 amide bonds. The molecule has 16 heavy (non-hydrogen) atoms. The summed E-state index contributed by atoms with van der Waals surface area (Å²) >= 11 is 0. The van der Waals surface area contributed by atoms with Gasteiger partial charge in [-0.15, -0.1) is 0 Å². The lowest BCUT2D eigenvalue weighted by Gasteiger charge is -2.13. The molecule has 0 aromatic heterocycles. The van der Waals surface area contributed by atoms with Crippen LogP contribution in [-0.4, -0.2) is 25.3 Å². The van der Waals surface area contributed by atoms with Crippen molar-refractivity contribution in [2.75, 3.05) is 13.2 Å². The SMILES string of the molecule is CCOc1ccc(C)c2c1B(O)OC2CN. The van der Waals surface area contributed by atoms with E-state index in [-0.39, 0.29) is 6.10 Å². The molecule has 1 atom stereocenters. The highest BCUT2D eigenvalue weighted by Gasteiger charge is 2.38. The lowest BCUT2D eigenvalue weighted by atomic mass is 9.77. The normalized spacial score (nSPS) is 18.8. The van der Waals surface area contributed by atoms with Gasteiger partial charge in [-0.2, -0.15) is 0 Å². The second-order valence-corrected chi connectivity index (χ2v) is 3.85. The Kier molecular flexibility index (Phi) is 3.19. The first kappa shape index (κ1) is 11.5. The number of rotatable bonds is 3. The van der Waals surface area contributed by atoms with Crippen molar-refractivity contribution >= 4 is 12.6 Å². The van der Waals surface area contributed by atoms with E-state index < -0.39 is 7.12 Å². The van der Waals surface area contributed by atoms with Crippen LogP contribution in [0.5, 0.6) is 5.75 Å². The van der Waals surface area contributed by atoms with Gasteiger partial charge in [0, 0.05) is 12.0 Å². The first-order valence-electron chi connectivity index (χ1n) is 5.48. The maximum absolute atomic E-state index is 9.86. The van der Waals surface area contributed by atoms with E-state index in [1.807, 2.05) is 26.0 Å². The molecule has 1 aliphatic rings. The van der Waals surface area contributed by atoms with Crippen molar-refractivity contribution in [3.63, 3.8) is 0 Å². The van der Waals surface area contributed by atoms with Crippen LogP contribution in [-0.2, 0) is 4.65 Å². The van der Waals surface area contributed by atoms with E-state index in [0.29, 0.717) is 18.9 Å². The van der Waals surface area contributed by atoms with E-state index in [1.54, 1.807) is 0 Å². The largest absolute Gasteiger partial charge is 0.495 e. The van der Waals surface area contributed by atoms with Gasteiger partial charge in [0.2, 0.25) is 0 Å². The molecule has 2 rings (SSSR count). The highest BCUT2D eigenvalue weighted by molar-refractivity contribution is 6.63. The van der Waals surface area contributed by atoms with Crippen molar-refractivity contribution in [3.8, 4) is 5.75 Å². The van der Waals surface area contributed by atoms with Crippen LogP contribution in [0.25, 0.3) is 0 Å². The Morgan fingerprint density at radius 3 is 2.94 bits per heavy atom. The van der Waals surface area contributed by atoms with Crippen molar-refractivity contribution in [1.82, 2.24) is 0 Å². The third-order valence-corrected chi connectivity index (χ3v) is 2.84. The minimum Gasteiger partial charge on any atom is -0.494 e. The molecule has 1 aromatic carbocycles. The summed E-state index contributed by atoms with van der Waals surface area (Å²) in [7, 11) is -0.926. The predicted molar refractivity (Wildman–Crippen MR) is 62.8 cm³/mol. The van der Waals surface area contributed by atoms with Crippen molar-refractivity contribution < 1.29 is 14.4 Å². The zero-order valence-electron chi connectivity index (χ0n) is 9.56. The molecule has 0 bridgehead atoms. The van der Waals surface area contributed by atoms with Crippen LogP contribution in [0.1, 0.15) is 24.2 Å². The molecular weight excluding hydrogens is 205 g/mol. The van der Waals surface area contributed by atoms with Gasteiger partial charge in [0.25, 0.3) is 0 Å². The molecule has 1 aromatic rings. The topological polar surface area (TPSA) is 64.7 Å². The van der Waals surface area contributed by atoms with Gasteiger partial charge < -0.3 is 20.1 Å². The van der Waals surface area contributed by atoms with Gasteiger partial charge >= 0.3 is 7.12 Å². The lowest BCUT2D eigenvalue weighted by Crippen LogP contribution is -2.30. The number of hydrogen-bond acceptors (Lipinski definition) is 4. The van der Waals surface area contributed by atoms with E-state index in [1.165, 1.54) is 0 Å². The second-order valence-electron chi connectivity index (χ2n) is 3.85. The molecule has 0 aliphatic carbocycles. The number of aryl methyl sites for hydroxylation is 1. The van der Waals surface area contributed by atoms with E-state index in [0.717, 1.165) is 16.6 Å². The fourth-order valence-corrected chi connectivity index (χ4v) is 2.15. The van der Waals surface area contributed by atoms with Gasteiger partial charge in [-0.05, 0) is 31.0 Å². The summed E-state index contributed by atoms with van der Waals surface area (Å²) in [4.78, 5) is 0. The average molecular weight is 221 g/mol. The van der Waals surface area contributed by atoms with Crippen LogP contribution in [0.15, 0.2) is 12.1 Å². The summed E-state index contributed by atoms with van der Waals surface area (Å²) in [6.45, 7) is 4.82. The minimum absolute atomic E-state index is 0.231. The first-order chi connectivity index (χ1) is 7.69. The number of hydrogen-bond donors (Lipinski definition) is 2. The molecular formula is C11H16BNO3. The summed E-state index contributed by atoms with van der Waals surface area (Å²) in [5, 5.41) is 9.86. The lowest BCUT2D eigenvalue weighted by molar-refractivity contribution is 0.197. The molecule has 5 heteroatoms. The summed E-state index contributed by atoms with van der Waals surface area (Å²) < 4.78 is 10.9. The molecule has 0 saturated carbocycles. The smallest absolute Gasteiger partial charge is 0.494 e. The summed E-state index contributed by atoms with van der Waals surface area (Å²) in [6.07, 6.45) is -0.231. The summed E-state index contributed by atoms with van der Waals surface area (Å²) in [5.74, 6) is 0.687. The average Bonchev–Trinajstić information content (AvgIpc) is 2.61. The fraction of sp³-hybridized carbons (Fsp3) is 0.455. The van der Waals surface area contributed by atoms with Gasteiger partial charge in [-0.3, -0.25) is 0 Å². The zero-order valence-corrected chi connectivity index (χ0v) is 9.56. The van der Waals surface area contributed by atoms with Crippen LogP contribution < -0.4 is 15.9 Å². The molecule has 0 fully saturated rings. The van der Waals surface area contributed by atoms with E-state index >= 15 is 0 Å². The third-order valence-electron chi connectivity index (χ3n) is 2.84. The Labute approximate surface area is 95.5 Å². The Balaban J connectivity index is 2.52. The Morgan fingerprint density at radius 2 is 2.31 bits per heavy atom. The number of fused-ring (bicyclic) bond motifs is 1. The van der Waals surface area contributed by atoms with Crippen LogP contribution in [0.2, 0.25) is 0 Å². The van der Waals surface area contributed by atoms with Crippen LogP contribution in [0.4, 0.5) is 0 Å². The Morgan fingerprint density at radius 1 is 1.56 bits per heavy atom. The molecule has 1 heterocycles. The molecule has 1 unspecified atom stereocenters. The number of nitrogens with two attached hydrogens (primary N) is 1. The van der Waals surface area contributed by atoms with Gasteiger partial charge in [-0.25, -0.2) is 0 Å². The summed E-state index contributed by atoms with van der Waals surface area (Å²) in [6, 6.07) is 3.83. The van der Waals surface area contributed by atoms with Gasteiger partial charge in [0.05, 0.1) is 12.7 Å². The third kappa shape index (κ3) is 1.71. The summed E-state index contributed by atoms with van der Waals surface area (Å²) in [5.41, 5.74) is 8.41. The Hall–Kier alpha value is -1.04. The maximum atomic E-state index is 9.86. The minimum atomic E-state index is -0.926. The van der Waals surface area contributed by atoms with E-state index in [4.69, 9.17) is 15.1 Å². The first-order valence-corrected chi connectivity index (χ1v) is 5.48. The van der Waals surface area contributed by atoms with Gasteiger partial charge in [0.1, 0.15) is 5.75 Å². The maximum Gasteiger partial charge on any atom is 0.495 e. The highest BCUT2D eigenvalue weighted by atomic mass is 16.5. The quantitative estimate of drug-likeness (QED) is 0.711. The molecule has 86 valence electrons. The monoisotopic (exact) mass is 221 g/mol.